The average Bonchev–Trinajstić information content (AvgIpc) is 2.97. The van der Waals surface area contributed by atoms with Gasteiger partial charge in [0.25, 0.3) is 0 Å². The molecule has 0 atom stereocenters. The van der Waals surface area contributed by atoms with Gasteiger partial charge in [0.15, 0.2) is 5.96 Å². The van der Waals surface area contributed by atoms with E-state index in [1.807, 2.05) is 20.9 Å². The molecule has 0 unspecified atom stereocenters. The quantitative estimate of drug-likeness (QED) is 0.243. The molecule has 0 saturated heterocycles. The summed E-state index contributed by atoms with van der Waals surface area (Å²) >= 11 is 13.6. The first-order valence-electron chi connectivity index (χ1n) is 7.95. The number of rotatable bonds is 7. The van der Waals surface area contributed by atoms with Gasteiger partial charge in [0.05, 0.1) is 33.8 Å². The standard InChI is InChI=1S/C16H22Cl2N6S.HI/c1-4-19-16(24(3)9-13-10-25-11(2)23-13)21-6-5-20-15-14(18)7-12(17)8-22-15;/h7-8,10H,4-6,9H2,1-3H3,(H,19,21)(H,20,22);1H. The zero-order chi connectivity index (χ0) is 18.2. The second kappa shape index (κ2) is 11.8. The van der Waals surface area contributed by atoms with Gasteiger partial charge in [-0.3, -0.25) is 4.99 Å². The van der Waals surface area contributed by atoms with E-state index in [2.05, 4.69) is 35.9 Å². The Labute approximate surface area is 185 Å². The Hall–Kier alpha value is -0.840. The summed E-state index contributed by atoms with van der Waals surface area (Å²) < 4.78 is 0. The van der Waals surface area contributed by atoms with Gasteiger partial charge in [-0.2, -0.15) is 0 Å². The Morgan fingerprint density at radius 2 is 2.15 bits per heavy atom. The van der Waals surface area contributed by atoms with Gasteiger partial charge in [-0.1, -0.05) is 23.2 Å². The summed E-state index contributed by atoms with van der Waals surface area (Å²) in [5.74, 6) is 1.45. The summed E-state index contributed by atoms with van der Waals surface area (Å²) in [4.78, 5) is 15.3. The lowest BCUT2D eigenvalue weighted by molar-refractivity contribution is 0.471. The number of aliphatic imine (C=N–C) groups is 1. The van der Waals surface area contributed by atoms with E-state index < -0.39 is 0 Å². The van der Waals surface area contributed by atoms with Crippen LogP contribution >= 0.6 is 58.5 Å². The van der Waals surface area contributed by atoms with Crippen molar-refractivity contribution in [1.29, 1.82) is 0 Å². The third-order valence-electron chi connectivity index (χ3n) is 3.24. The summed E-state index contributed by atoms with van der Waals surface area (Å²) in [5, 5.41) is 10.6. The lowest BCUT2D eigenvalue weighted by Gasteiger charge is -2.21. The monoisotopic (exact) mass is 528 g/mol. The van der Waals surface area contributed by atoms with Crippen molar-refractivity contribution >= 4 is 70.3 Å². The molecule has 0 amide bonds. The minimum absolute atomic E-state index is 0. The third-order valence-corrected chi connectivity index (χ3v) is 4.55. The van der Waals surface area contributed by atoms with Crippen molar-refractivity contribution < 1.29 is 0 Å². The van der Waals surface area contributed by atoms with Crippen LogP contribution < -0.4 is 10.6 Å². The fourth-order valence-corrected chi connectivity index (χ4v) is 3.20. The van der Waals surface area contributed by atoms with Crippen molar-refractivity contribution in [3.63, 3.8) is 0 Å². The predicted molar refractivity (Wildman–Crippen MR) is 122 cm³/mol. The number of pyridine rings is 1. The third kappa shape index (κ3) is 7.42. The van der Waals surface area contributed by atoms with Crippen molar-refractivity contribution in [1.82, 2.24) is 20.2 Å². The van der Waals surface area contributed by atoms with Crippen molar-refractivity contribution in [3.8, 4) is 0 Å². The smallest absolute Gasteiger partial charge is 0.194 e. The highest BCUT2D eigenvalue weighted by Crippen LogP contribution is 2.22. The molecule has 2 aromatic rings. The number of aromatic nitrogens is 2. The van der Waals surface area contributed by atoms with Gasteiger partial charge in [-0.25, -0.2) is 9.97 Å². The van der Waals surface area contributed by atoms with E-state index in [1.165, 1.54) is 0 Å². The molecule has 26 heavy (non-hydrogen) atoms. The molecule has 0 spiro atoms. The molecule has 10 heteroatoms. The number of halogens is 3. The van der Waals surface area contributed by atoms with E-state index in [1.54, 1.807) is 23.6 Å². The van der Waals surface area contributed by atoms with Gasteiger partial charge in [-0.05, 0) is 19.9 Å². The summed E-state index contributed by atoms with van der Waals surface area (Å²) in [7, 11) is 2.00. The topological polar surface area (TPSA) is 65.4 Å². The summed E-state index contributed by atoms with van der Waals surface area (Å²) in [5.41, 5.74) is 1.05. The van der Waals surface area contributed by atoms with Gasteiger partial charge in [-0.15, -0.1) is 35.3 Å². The fraction of sp³-hybridized carbons (Fsp3) is 0.438. The van der Waals surface area contributed by atoms with E-state index in [0.29, 0.717) is 35.5 Å². The maximum Gasteiger partial charge on any atom is 0.194 e. The number of nitrogens with zero attached hydrogens (tertiary/aromatic N) is 4. The van der Waals surface area contributed by atoms with Gasteiger partial charge >= 0.3 is 0 Å². The zero-order valence-electron chi connectivity index (χ0n) is 14.9. The normalized spacial score (nSPS) is 11.0. The molecule has 2 rings (SSSR count). The van der Waals surface area contributed by atoms with Crippen molar-refractivity contribution in [2.75, 3.05) is 32.0 Å². The van der Waals surface area contributed by atoms with E-state index in [4.69, 9.17) is 23.2 Å². The van der Waals surface area contributed by atoms with E-state index >= 15 is 0 Å². The maximum atomic E-state index is 6.09. The van der Waals surface area contributed by atoms with Crippen LogP contribution in [0.3, 0.4) is 0 Å². The van der Waals surface area contributed by atoms with Crippen LogP contribution in [-0.4, -0.2) is 47.5 Å². The molecule has 0 aliphatic carbocycles. The summed E-state index contributed by atoms with van der Waals surface area (Å²) in [6.45, 7) is 6.78. The van der Waals surface area contributed by atoms with Crippen molar-refractivity contribution in [2.45, 2.75) is 20.4 Å². The fourth-order valence-electron chi connectivity index (χ4n) is 2.15. The number of aryl methyl sites for hydroxylation is 1. The van der Waals surface area contributed by atoms with Crippen molar-refractivity contribution in [2.24, 2.45) is 4.99 Å². The number of nitrogens with one attached hydrogen (secondary N) is 2. The van der Waals surface area contributed by atoms with Crippen molar-refractivity contribution in [3.05, 3.63) is 38.4 Å². The molecule has 2 heterocycles. The van der Waals surface area contributed by atoms with Crippen LogP contribution in [-0.2, 0) is 6.54 Å². The Bertz CT molecular complexity index is 725. The molecule has 0 radical (unpaired) electrons. The molecule has 0 fully saturated rings. The van der Waals surface area contributed by atoms with E-state index in [0.717, 1.165) is 23.2 Å². The Balaban J connectivity index is 0.00000338. The second-order valence-corrected chi connectivity index (χ2v) is 7.27. The van der Waals surface area contributed by atoms with Gasteiger partial charge in [0, 0.05) is 31.7 Å². The highest BCUT2D eigenvalue weighted by Gasteiger charge is 2.08. The molecule has 0 aromatic carbocycles. The van der Waals surface area contributed by atoms with E-state index in [9.17, 15) is 0 Å². The SMILES string of the molecule is CCNC(=NCCNc1ncc(Cl)cc1Cl)N(C)Cc1csc(C)n1.I. The van der Waals surface area contributed by atoms with Crippen LogP contribution in [0.25, 0.3) is 0 Å². The molecule has 2 aromatic heterocycles. The Kier molecular flexibility index (Phi) is 10.5. The number of hydrogen-bond acceptors (Lipinski definition) is 5. The summed E-state index contributed by atoms with van der Waals surface area (Å²) in [6, 6.07) is 1.66. The first kappa shape index (κ1) is 23.2. The largest absolute Gasteiger partial charge is 0.367 e. The molecule has 0 bridgehead atoms. The van der Waals surface area contributed by atoms with Crippen LogP contribution in [0.5, 0.6) is 0 Å². The Morgan fingerprint density at radius 3 is 2.77 bits per heavy atom. The van der Waals surface area contributed by atoms with E-state index in [-0.39, 0.29) is 24.0 Å². The highest BCUT2D eigenvalue weighted by atomic mass is 127. The number of guanidine groups is 1. The van der Waals surface area contributed by atoms with Gasteiger partial charge < -0.3 is 15.5 Å². The lowest BCUT2D eigenvalue weighted by atomic mass is 10.4. The van der Waals surface area contributed by atoms with Gasteiger partial charge in [0.2, 0.25) is 0 Å². The molecular weight excluding hydrogens is 506 g/mol. The minimum Gasteiger partial charge on any atom is -0.367 e. The maximum absolute atomic E-state index is 6.09. The molecule has 144 valence electrons. The lowest BCUT2D eigenvalue weighted by Crippen LogP contribution is -2.38. The average molecular weight is 529 g/mol. The predicted octanol–water partition coefficient (Wildman–Crippen LogP) is 4.28. The number of hydrogen-bond donors (Lipinski definition) is 2. The number of thiazole rings is 1. The zero-order valence-corrected chi connectivity index (χ0v) is 19.6. The van der Waals surface area contributed by atoms with Crippen LogP contribution in [0.4, 0.5) is 5.82 Å². The van der Waals surface area contributed by atoms with Crippen LogP contribution in [0, 0.1) is 6.92 Å². The first-order chi connectivity index (χ1) is 12.0. The molecular formula is C16H23Cl2IN6S. The Morgan fingerprint density at radius 1 is 1.38 bits per heavy atom. The second-order valence-electron chi connectivity index (χ2n) is 5.36. The first-order valence-corrected chi connectivity index (χ1v) is 9.58. The highest BCUT2D eigenvalue weighted by molar-refractivity contribution is 14.0. The molecule has 6 nitrogen and oxygen atoms in total. The molecule has 0 saturated carbocycles. The number of anilines is 1. The van der Waals surface area contributed by atoms with Gasteiger partial charge in [0.1, 0.15) is 5.82 Å². The summed E-state index contributed by atoms with van der Waals surface area (Å²) in [6.07, 6.45) is 1.56. The minimum atomic E-state index is 0. The molecule has 0 aliphatic heterocycles. The molecule has 2 N–H and O–H groups in total. The van der Waals surface area contributed by atoms with Crippen LogP contribution in [0.15, 0.2) is 22.6 Å². The van der Waals surface area contributed by atoms with Crippen LogP contribution in [0.2, 0.25) is 10.0 Å². The van der Waals surface area contributed by atoms with Crippen LogP contribution in [0.1, 0.15) is 17.6 Å². The molecule has 0 aliphatic rings.